The highest BCUT2D eigenvalue weighted by Gasteiger charge is 2.17. The summed E-state index contributed by atoms with van der Waals surface area (Å²) in [5.74, 6) is 2.35. The van der Waals surface area contributed by atoms with Crippen molar-refractivity contribution >= 4 is 54.6 Å². The lowest BCUT2D eigenvalue weighted by atomic mass is 10.2. The van der Waals surface area contributed by atoms with Crippen molar-refractivity contribution in [3.05, 3.63) is 63.0 Å². The average molecular weight is 493 g/mol. The van der Waals surface area contributed by atoms with E-state index in [0.717, 1.165) is 49.0 Å². The third-order valence-electron chi connectivity index (χ3n) is 4.01. The summed E-state index contributed by atoms with van der Waals surface area (Å²) in [4.78, 5) is 0. The predicted molar refractivity (Wildman–Crippen MR) is 112 cm³/mol. The third kappa shape index (κ3) is 3.61. The minimum absolute atomic E-state index is 0.739. The molecule has 0 saturated carbocycles. The van der Waals surface area contributed by atoms with Gasteiger partial charge in [-0.25, -0.2) is 0 Å². The maximum Gasteiger partial charge on any atom is 0.200 e. The molecule has 2 aromatic heterocycles. The van der Waals surface area contributed by atoms with Crippen molar-refractivity contribution in [2.75, 3.05) is 0 Å². The quantitative estimate of drug-likeness (QED) is 0.297. The second-order valence-electron chi connectivity index (χ2n) is 5.76. The van der Waals surface area contributed by atoms with E-state index in [1.807, 2.05) is 24.3 Å². The zero-order valence-corrected chi connectivity index (χ0v) is 17.9. The Labute approximate surface area is 172 Å². The van der Waals surface area contributed by atoms with E-state index in [4.69, 9.17) is 4.42 Å². The minimum Gasteiger partial charge on any atom is -0.453 e. The Morgan fingerprint density at radius 2 is 1.77 bits per heavy atom. The van der Waals surface area contributed by atoms with Crippen molar-refractivity contribution in [2.24, 2.45) is 0 Å². The molecule has 0 N–H and O–H groups in total. The summed E-state index contributed by atoms with van der Waals surface area (Å²) in [6.45, 7) is 2.88. The topological polar surface area (TPSA) is 43.9 Å². The molecular formula is C19H15Br2N3OS. The van der Waals surface area contributed by atoms with Crippen LogP contribution in [0.2, 0.25) is 0 Å². The normalized spacial score (nSPS) is 11.3. The molecule has 0 amide bonds. The Balaban J connectivity index is 1.62. The van der Waals surface area contributed by atoms with Gasteiger partial charge in [-0.15, -0.1) is 10.2 Å². The Hall–Kier alpha value is -1.57. The molecule has 4 aromatic rings. The molecule has 4 nitrogen and oxygen atoms in total. The van der Waals surface area contributed by atoms with Gasteiger partial charge in [-0.2, -0.15) is 0 Å². The number of fused-ring (bicyclic) bond motifs is 1. The summed E-state index contributed by atoms with van der Waals surface area (Å²) < 4.78 is 10.2. The largest absolute Gasteiger partial charge is 0.453 e. The van der Waals surface area contributed by atoms with Crippen LogP contribution in [0.3, 0.4) is 0 Å². The lowest BCUT2D eigenvalue weighted by Gasteiger charge is -2.06. The minimum atomic E-state index is 0.739. The Bertz CT molecular complexity index is 1060. The average Bonchev–Trinajstić information content (AvgIpc) is 3.23. The fourth-order valence-corrected chi connectivity index (χ4v) is 4.32. The molecule has 0 saturated heterocycles. The maximum absolute atomic E-state index is 5.98. The van der Waals surface area contributed by atoms with Gasteiger partial charge in [0.1, 0.15) is 5.58 Å². The smallest absolute Gasteiger partial charge is 0.200 e. The molecular weight excluding hydrogens is 478 g/mol. The van der Waals surface area contributed by atoms with Gasteiger partial charge in [-0.05, 0) is 48.9 Å². The summed E-state index contributed by atoms with van der Waals surface area (Å²) in [6.07, 6.45) is 0. The Morgan fingerprint density at radius 3 is 2.54 bits per heavy atom. The molecule has 0 fully saturated rings. The van der Waals surface area contributed by atoms with Gasteiger partial charge in [-0.3, -0.25) is 4.57 Å². The van der Waals surface area contributed by atoms with Gasteiger partial charge in [0, 0.05) is 26.6 Å². The van der Waals surface area contributed by atoms with Gasteiger partial charge in [0.05, 0.1) is 0 Å². The second-order valence-corrected chi connectivity index (χ2v) is 8.53. The zero-order chi connectivity index (χ0) is 18.1. The van der Waals surface area contributed by atoms with Gasteiger partial charge in [0.2, 0.25) is 5.82 Å². The van der Waals surface area contributed by atoms with Crippen LogP contribution in [0.25, 0.3) is 22.6 Å². The number of aromatic nitrogens is 3. The van der Waals surface area contributed by atoms with Crippen molar-refractivity contribution < 1.29 is 4.42 Å². The molecule has 7 heteroatoms. The van der Waals surface area contributed by atoms with Gasteiger partial charge in [-0.1, -0.05) is 55.8 Å². The molecule has 2 heterocycles. The number of nitrogens with zero attached hydrogens (tertiary/aromatic N) is 3. The van der Waals surface area contributed by atoms with E-state index in [-0.39, 0.29) is 0 Å². The number of halogens is 2. The van der Waals surface area contributed by atoms with Crippen molar-refractivity contribution in [3.63, 3.8) is 0 Å². The monoisotopic (exact) mass is 491 g/mol. The van der Waals surface area contributed by atoms with Crippen LogP contribution in [-0.4, -0.2) is 14.8 Å². The summed E-state index contributed by atoms with van der Waals surface area (Å²) >= 11 is 8.64. The molecule has 0 aliphatic heterocycles. The first kappa shape index (κ1) is 17.8. The number of furan rings is 1. The molecule has 0 aliphatic rings. The van der Waals surface area contributed by atoms with Crippen LogP contribution < -0.4 is 0 Å². The van der Waals surface area contributed by atoms with Gasteiger partial charge < -0.3 is 4.42 Å². The molecule has 26 heavy (non-hydrogen) atoms. The van der Waals surface area contributed by atoms with E-state index in [1.165, 1.54) is 5.56 Å². The first-order chi connectivity index (χ1) is 12.6. The highest BCUT2D eigenvalue weighted by atomic mass is 79.9. The van der Waals surface area contributed by atoms with Crippen molar-refractivity contribution in [3.8, 4) is 11.6 Å². The number of thioether (sulfide) groups is 1. The fourth-order valence-electron chi connectivity index (χ4n) is 2.72. The van der Waals surface area contributed by atoms with Crippen molar-refractivity contribution in [1.82, 2.24) is 14.8 Å². The van der Waals surface area contributed by atoms with E-state index in [9.17, 15) is 0 Å². The number of rotatable bonds is 5. The van der Waals surface area contributed by atoms with Gasteiger partial charge >= 0.3 is 0 Å². The van der Waals surface area contributed by atoms with E-state index in [2.05, 4.69) is 77.8 Å². The Morgan fingerprint density at radius 1 is 1.00 bits per heavy atom. The maximum atomic E-state index is 5.98. The predicted octanol–water partition coefficient (Wildman–Crippen LogP) is 6.53. The van der Waals surface area contributed by atoms with Crippen LogP contribution in [-0.2, 0) is 12.3 Å². The molecule has 0 unspecified atom stereocenters. The first-order valence-electron chi connectivity index (χ1n) is 8.14. The molecule has 0 bridgehead atoms. The van der Waals surface area contributed by atoms with E-state index >= 15 is 0 Å². The Kier molecular flexibility index (Phi) is 5.20. The van der Waals surface area contributed by atoms with Gasteiger partial charge in [0.15, 0.2) is 10.9 Å². The van der Waals surface area contributed by atoms with Crippen LogP contribution in [0.1, 0.15) is 12.5 Å². The SMILES string of the molecule is CCn1c(SCc2ccc(Br)cc2)nnc1-c1cc2cc(Br)ccc2o1. The lowest BCUT2D eigenvalue weighted by Crippen LogP contribution is -1.99. The fraction of sp³-hybridized carbons (Fsp3) is 0.158. The summed E-state index contributed by atoms with van der Waals surface area (Å²) in [7, 11) is 0. The standard InChI is InChI=1S/C19H15Br2N3OS/c1-2-24-18(17-10-13-9-15(21)7-8-16(13)25-17)22-23-19(24)26-11-12-3-5-14(20)6-4-12/h3-10H,2,11H2,1H3. The number of hydrogen-bond donors (Lipinski definition) is 0. The molecule has 0 radical (unpaired) electrons. The number of hydrogen-bond acceptors (Lipinski definition) is 4. The molecule has 0 atom stereocenters. The third-order valence-corrected chi connectivity index (χ3v) is 6.07. The van der Waals surface area contributed by atoms with Gasteiger partial charge in [0.25, 0.3) is 0 Å². The van der Waals surface area contributed by atoms with Crippen LogP contribution in [0.4, 0.5) is 0 Å². The molecule has 0 spiro atoms. The summed E-state index contributed by atoms with van der Waals surface area (Å²) in [5, 5.41) is 10.7. The first-order valence-corrected chi connectivity index (χ1v) is 10.7. The highest BCUT2D eigenvalue weighted by molar-refractivity contribution is 9.10. The van der Waals surface area contributed by atoms with Crippen molar-refractivity contribution in [1.29, 1.82) is 0 Å². The molecule has 132 valence electrons. The summed E-state index contributed by atoms with van der Waals surface area (Å²) in [6, 6.07) is 16.3. The van der Waals surface area contributed by atoms with Crippen LogP contribution in [0.5, 0.6) is 0 Å². The lowest BCUT2D eigenvalue weighted by molar-refractivity contribution is 0.607. The number of benzene rings is 2. The van der Waals surface area contributed by atoms with Crippen LogP contribution in [0.15, 0.2) is 67.0 Å². The second kappa shape index (κ2) is 7.58. The van der Waals surface area contributed by atoms with Crippen LogP contribution in [0, 0.1) is 0 Å². The van der Waals surface area contributed by atoms with E-state index < -0.39 is 0 Å². The molecule has 2 aromatic carbocycles. The highest BCUT2D eigenvalue weighted by Crippen LogP contribution is 2.31. The summed E-state index contributed by atoms with van der Waals surface area (Å²) in [5.41, 5.74) is 2.09. The molecule has 4 rings (SSSR count). The molecule has 0 aliphatic carbocycles. The zero-order valence-electron chi connectivity index (χ0n) is 13.9. The van der Waals surface area contributed by atoms with E-state index in [0.29, 0.717) is 0 Å². The van der Waals surface area contributed by atoms with Crippen LogP contribution >= 0.6 is 43.6 Å². The van der Waals surface area contributed by atoms with Crippen molar-refractivity contribution in [2.45, 2.75) is 24.4 Å². The van der Waals surface area contributed by atoms with E-state index in [1.54, 1.807) is 11.8 Å².